The summed E-state index contributed by atoms with van der Waals surface area (Å²) in [6.07, 6.45) is 6.24. The van der Waals surface area contributed by atoms with Crippen molar-refractivity contribution in [2.75, 3.05) is 12.3 Å². The molecule has 1 aromatic heterocycles. The van der Waals surface area contributed by atoms with E-state index in [1.807, 2.05) is 24.5 Å². The first-order chi connectivity index (χ1) is 9.74. The van der Waals surface area contributed by atoms with Gasteiger partial charge in [0.15, 0.2) is 0 Å². The second kappa shape index (κ2) is 5.94. The lowest BCUT2D eigenvalue weighted by Gasteiger charge is -2.25. The van der Waals surface area contributed by atoms with Gasteiger partial charge in [-0.15, -0.1) is 0 Å². The van der Waals surface area contributed by atoms with Crippen LogP contribution in [0.1, 0.15) is 30.0 Å². The predicted octanol–water partition coefficient (Wildman–Crippen LogP) is 3.76. The Morgan fingerprint density at radius 2 is 2.25 bits per heavy atom. The Labute approximate surface area is 127 Å². The van der Waals surface area contributed by atoms with Gasteiger partial charge in [0, 0.05) is 35.1 Å². The maximum Gasteiger partial charge on any atom is 0.0371 e. The summed E-state index contributed by atoms with van der Waals surface area (Å²) in [6.45, 7) is 2.02. The first-order valence-electron chi connectivity index (χ1n) is 6.92. The van der Waals surface area contributed by atoms with E-state index >= 15 is 0 Å². The standard InChI is InChI=1S/C16H18BrN3/c17-14-6-5-13(15(18)9-14)11-20-8-2-4-16(20)12-3-1-7-19-10-12/h1,3,5-7,9-10,16H,2,4,8,11,18H2. The van der Waals surface area contributed by atoms with E-state index in [2.05, 4.69) is 44.0 Å². The number of benzene rings is 1. The minimum absolute atomic E-state index is 0.465. The summed E-state index contributed by atoms with van der Waals surface area (Å²) in [5, 5.41) is 0. The highest BCUT2D eigenvalue weighted by Crippen LogP contribution is 2.33. The first-order valence-corrected chi connectivity index (χ1v) is 7.71. The van der Waals surface area contributed by atoms with Crippen molar-refractivity contribution in [3.05, 3.63) is 58.3 Å². The van der Waals surface area contributed by atoms with Crippen LogP contribution in [0.3, 0.4) is 0 Å². The minimum Gasteiger partial charge on any atom is -0.398 e. The largest absolute Gasteiger partial charge is 0.398 e. The number of hydrogen-bond acceptors (Lipinski definition) is 3. The molecule has 1 atom stereocenters. The number of nitrogens with two attached hydrogens (primary N) is 1. The summed E-state index contributed by atoms with van der Waals surface area (Å²) in [5.74, 6) is 0. The molecule has 2 heterocycles. The molecule has 1 fully saturated rings. The van der Waals surface area contributed by atoms with Gasteiger partial charge >= 0.3 is 0 Å². The van der Waals surface area contributed by atoms with Crippen LogP contribution >= 0.6 is 15.9 Å². The van der Waals surface area contributed by atoms with Crippen molar-refractivity contribution in [1.29, 1.82) is 0 Å². The lowest BCUT2D eigenvalue weighted by atomic mass is 10.1. The Hall–Kier alpha value is -1.39. The molecule has 1 aliphatic heterocycles. The molecular weight excluding hydrogens is 314 g/mol. The fourth-order valence-electron chi connectivity index (χ4n) is 2.89. The maximum absolute atomic E-state index is 6.11. The van der Waals surface area contributed by atoms with Gasteiger partial charge in [-0.3, -0.25) is 9.88 Å². The summed E-state index contributed by atoms with van der Waals surface area (Å²) < 4.78 is 1.03. The van der Waals surface area contributed by atoms with E-state index in [9.17, 15) is 0 Å². The molecule has 0 saturated carbocycles. The van der Waals surface area contributed by atoms with Gasteiger partial charge in [-0.1, -0.05) is 28.1 Å². The molecule has 4 heteroatoms. The fraction of sp³-hybridized carbons (Fsp3) is 0.312. The van der Waals surface area contributed by atoms with E-state index in [4.69, 9.17) is 5.73 Å². The SMILES string of the molecule is Nc1cc(Br)ccc1CN1CCCC1c1cccnc1. The molecule has 20 heavy (non-hydrogen) atoms. The number of pyridine rings is 1. The second-order valence-corrected chi connectivity index (χ2v) is 6.17. The molecule has 0 spiro atoms. The average Bonchev–Trinajstić information content (AvgIpc) is 2.91. The van der Waals surface area contributed by atoms with Crippen molar-refractivity contribution in [3.63, 3.8) is 0 Å². The number of hydrogen-bond donors (Lipinski definition) is 1. The molecule has 2 N–H and O–H groups in total. The third-order valence-corrected chi connectivity index (χ3v) is 4.41. The summed E-state index contributed by atoms with van der Waals surface area (Å²) in [5.41, 5.74) is 9.48. The van der Waals surface area contributed by atoms with Crippen molar-refractivity contribution in [2.45, 2.75) is 25.4 Å². The highest BCUT2D eigenvalue weighted by molar-refractivity contribution is 9.10. The molecule has 2 aromatic rings. The van der Waals surface area contributed by atoms with Crippen LogP contribution in [-0.2, 0) is 6.54 Å². The predicted molar refractivity (Wildman–Crippen MR) is 85.2 cm³/mol. The second-order valence-electron chi connectivity index (χ2n) is 5.26. The minimum atomic E-state index is 0.465. The van der Waals surface area contributed by atoms with Gasteiger partial charge in [-0.2, -0.15) is 0 Å². The number of nitrogens with zero attached hydrogens (tertiary/aromatic N) is 2. The molecule has 1 aromatic carbocycles. The molecule has 104 valence electrons. The van der Waals surface area contributed by atoms with Crippen LogP contribution in [0, 0.1) is 0 Å². The number of likely N-dealkylation sites (tertiary alicyclic amines) is 1. The Balaban J connectivity index is 1.79. The van der Waals surface area contributed by atoms with E-state index in [1.165, 1.54) is 24.0 Å². The first kappa shape index (κ1) is 13.6. The van der Waals surface area contributed by atoms with Gasteiger partial charge in [-0.05, 0) is 48.7 Å². The maximum atomic E-state index is 6.11. The fourth-order valence-corrected chi connectivity index (χ4v) is 3.27. The molecule has 0 radical (unpaired) electrons. The number of aromatic nitrogens is 1. The molecular formula is C16H18BrN3. The van der Waals surface area contributed by atoms with Crippen molar-refractivity contribution in [3.8, 4) is 0 Å². The topological polar surface area (TPSA) is 42.1 Å². The van der Waals surface area contributed by atoms with Crippen LogP contribution in [0.5, 0.6) is 0 Å². The number of halogens is 1. The van der Waals surface area contributed by atoms with Crippen molar-refractivity contribution >= 4 is 21.6 Å². The third kappa shape index (κ3) is 2.86. The van der Waals surface area contributed by atoms with Crippen LogP contribution in [0.2, 0.25) is 0 Å². The van der Waals surface area contributed by atoms with Gasteiger partial charge in [0.25, 0.3) is 0 Å². The van der Waals surface area contributed by atoms with E-state index in [1.54, 1.807) is 0 Å². The van der Waals surface area contributed by atoms with E-state index in [0.29, 0.717) is 6.04 Å². The number of nitrogen functional groups attached to an aromatic ring is 1. The van der Waals surface area contributed by atoms with Crippen LogP contribution in [0.4, 0.5) is 5.69 Å². The summed E-state index contributed by atoms with van der Waals surface area (Å²) in [7, 11) is 0. The van der Waals surface area contributed by atoms with Gasteiger partial charge < -0.3 is 5.73 Å². The molecule has 1 unspecified atom stereocenters. The van der Waals surface area contributed by atoms with E-state index in [-0.39, 0.29) is 0 Å². The van der Waals surface area contributed by atoms with Crippen LogP contribution in [-0.4, -0.2) is 16.4 Å². The highest BCUT2D eigenvalue weighted by Gasteiger charge is 2.26. The zero-order valence-corrected chi connectivity index (χ0v) is 12.9. The monoisotopic (exact) mass is 331 g/mol. The smallest absolute Gasteiger partial charge is 0.0371 e. The van der Waals surface area contributed by atoms with Crippen LogP contribution < -0.4 is 5.73 Å². The normalized spacial score (nSPS) is 19.4. The zero-order chi connectivity index (χ0) is 13.9. The van der Waals surface area contributed by atoms with Gasteiger partial charge in [0.05, 0.1) is 0 Å². The van der Waals surface area contributed by atoms with Crippen molar-refractivity contribution in [1.82, 2.24) is 9.88 Å². The van der Waals surface area contributed by atoms with Gasteiger partial charge in [0.2, 0.25) is 0 Å². The molecule has 0 bridgehead atoms. The van der Waals surface area contributed by atoms with Crippen molar-refractivity contribution in [2.24, 2.45) is 0 Å². The molecule has 0 aliphatic carbocycles. The lowest BCUT2D eigenvalue weighted by molar-refractivity contribution is 0.248. The Bertz CT molecular complexity index is 586. The van der Waals surface area contributed by atoms with Crippen LogP contribution in [0.25, 0.3) is 0 Å². The molecule has 0 amide bonds. The zero-order valence-electron chi connectivity index (χ0n) is 11.3. The Morgan fingerprint density at radius 1 is 1.35 bits per heavy atom. The number of anilines is 1. The average molecular weight is 332 g/mol. The van der Waals surface area contributed by atoms with Gasteiger partial charge in [0.1, 0.15) is 0 Å². The Morgan fingerprint density at radius 3 is 3.00 bits per heavy atom. The van der Waals surface area contributed by atoms with Crippen LogP contribution in [0.15, 0.2) is 47.2 Å². The lowest BCUT2D eigenvalue weighted by Crippen LogP contribution is -2.23. The molecule has 1 saturated heterocycles. The summed E-state index contributed by atoms with van der Waals surface area (Å²) in [4.78, 5) is 6.74. The van der Waals surface area contributed by atoms with Crippen molar-refractivity contribution < 1.29 is 0 Å². The Kier molecular flexibility index (Phi) is 4.03. The van der Waals surface area contributed by atoms with E-state index < -0.39 is 0 Å². The van der Waals surface area contributed by atoms with E-state index in [0.717, 1.165) is 23.2 Å². The highest BCUT2D eigenvalue weighted by atomic mass is 79.9. The summed E-state index contributed by atoms with van der Waals surface area (Å²) >= 11 is 3.46. The molecule has 3 rings (SSSR count). The molecule has 1 aliphatic rings. The summed E-state index contributed by atoms with van der Waals surface area (Å²) in [6, 6.07) is 10.8. The quantitative estimate of drug-likeness (QED) is 0.870. The molecule has 3 nitrogen and oxygen atoms in total. The number of rotatable bonds is 3. The third-order valence-electron chi connectivity index (χ3n) is 3.91. The van der Waals surface area contributed by atoms with Gasteiger partial charge in [-0.25, -0.2) is 0 Å².